The number of nitrogens with one attached hydrogen (secondary N) is 2. The van der Waals surface area contributed by atoms with Gasteiger partial charge in [-0.05, 0) is 30.3 Å². The van der Waals surface area contributed by atoms with Crippen LogP contribution in [-0.4, -0.2) is 39.1 Å². The van der Waals surface area contributed by atoms with Gasteiger partial charge in [-0.25, -0.2) is 4.68 Å². The van der Waals surface area contributed by atoms with E-state index < -0.39 is 11.5 Å². The van der Waals surface area contributed by atoms with Gasteiger partial charge in [-0.3, -0.25) is 14.7 Å². The Hall–Kier alpha value is -3.43. The van der Waals surface area contributed by atoms with E-state index in [-0.39, 0.29) is 36.0 Å². The first-order valence-electron chi connectivity index (χ1n) is 8.21. The lowest BCUT2D eigenvalue weighted by atomic mass is 10.3. The number of rotatable bonds is 6. The number of aliphatic hydroxyl groups excluding tert-OH is 1. The molecule has 10 heteroatoms. The number of carbonyl (C=O) groups is 1. The summed E-state index contributed by atoms with van der Waals surface area (Å²) in [6.45, 7) is -0.258. The van der Waals surface area contributed by atoms with Gasteiger partial charge in [0.25, 0.3) is 11.5 Å². The molecule has 1 heterocycles. The van der Waals surface area contributed by atoms with Gasteiger partial charge >= 0.3 is 0 Å². The Labute approximate surface area is 163 Å². The number of phenols is 1. The Morgan fingerprint density at radius 2 is 1.93 bits per heavy atom. The van der Waals surface area contributed by atoms with Crippen LogP contribution in [0.1, 0.15) is 10.5 Å². The third-order valence-electron chi connectivity index (χ3n) is 3.70. The zero-order chi connectivity index (χ0) is 20.1. The van der Waals surface area contributed by atoms with Crippen molar-refractivity contribution in [1.82, 2.24) is 15.1 Å². The van der Waals surface area contributed by atoms with Crippen LogP contribution >= 0.6 is 11.6 Å². The molecule has 1 amide bonds. The minimum atomic E-state index is -0.634. The van der Waals surface area contributed by atoms with Crippen molar-refractivity contribution < 1.29 is 15.0 Å². The SMILES string of the molecule is O=C(NCCO)c1[nH]n(-c2ccccc2)c(=O)c1N=Nc1cc(Cl)ccc1O. The Morgan fingerprint density at radius 3 is 2.64 bits per heavy atom. The molecule has 0 radical (unpaired) electrons. The van der Waals surface area contributed by atoms with E-state index in [1.165, 1.54) is 18.2 Å². The summed E-state index contributed by atoms with van der Waals surface area (Å²) in [6, 6.07) is 12.8. The van der Waals surface area contributed by atoms with Gasteiger partial charge in [0.15, 0.2) is 11.4 Å². The van der Waals surface area contributed by atoms with Crippen LogP contribution in [0.15, 0.2) is 63.6 Å². The van der Waals surface area contributed by atoms with Gasteiger partial charge in [0, 0.05) is 11.6 Å². The number of aromatic hydroxyl groups is 1. The topological polar surface area (TPSA) is 132 Å². The van der Waals surface area contributed by atoms with Crippen molar-refractivity contribution >= 4 is 28.9 Å². The van der Waals surface area contributed by atoms with Crippen molar-refractivity contribution in [3.05, 3.63) is 69.6 Å². The molecule has 0 saturated heterocycles. The molecular weight excluding hydrogens is 386 g/mol. The second kappa shape index (κ2) is 8.51. The smallest absolute Gasteiger partial charge is 0.299 e. The largest absolute Gasteiger partial charge is 0.506 e. The summed E-state index contributed by atoms with van der Waals surface area (Å²) < 4.78 is 1.15. The zero-order valence-electron chi connectivity index (χ0n) is 14.5. The van der Waals surface area contributed by atoms with Crippen LogP contribution in [0.4, 0.5) is 11.4 Å². The molecule has 0 atom stereocenters. The summed E-state index contributed by atoms with van der Waals surface area (Å²) >= 11 is 5.88. The minimum Gasteiger partial charge on any atom is -0.506 e. The van der Waals surface area contributed by atoms with Crippen LogP contribution in [0.5, 0.6) is 5.75 Å². The van der Waals surface area contributed by atoms with Crippen LogP contribution < -0.4 is 10.9 Å². The fourth-order valence-corrected chi connectivity index (χ4v) is 2.54. The van der Waals surface area contributed by atoms with Gasteiger partial charge in [-0.1, -0.05) is 29.8 Å². The Morgan fingerprint density at radius 1 is 1.18 bits per heavy atom. The molecule has 0 bridgehead atoms. The molecule has 9 nitrogen and oxygen atoms in total. The maximum Gasteiger partial charge on any atom is 0.299 e. The highest BCUT2D eigenvalue weighted by Gasteiger charge is 2.21. The number of hydrogen-bond donors (Lipinski definition) is 4. The van der Waals surface area contributed by atoms with E-state index in [9.17, 15) is 14.7 Å². The Bertz CT molecular complexity index is 1080. The van der Waals surface area contributed by atoms with Crippen LogP contribution in [0, 0.1) is 0 Å². The fourth-order valence-electron chi connectivity index (χ4n) is 2.38. The molecule has 3 aromatic rings. The van der Waals surface area contributed by atoms with E-state index in [2.05, 4.69) is 20.6 Å². The predicted octanol–water partition coefficient (Wildman–Crippen LogP) is 2.66. The van der Waals surface area contributed by atoms with E-state index in [1.54, 1.807) is 30.3 Å². The highest BCUT2D eigenvalue weighted by atomic mass is 35.5. The van der Waals surface area contributed by atoms with Gasteiger partial charge in [-0.15, -0.1) is 10.2 Å². The molecule has 0 saturated carbocycles. The molecule has 0 aliphatic heterocycles. The molecule has 0 aliphatic carbocycles. The average Bonchev–Trinajstić information content (AvgIpc) is 3.04. The number of para-hydroxylation sites is 1. The Kier molecular flexibility index (Phi) is 5.87. The van der Waals surface area contributed by atoms with Crippen LogP contribution in [-0.2, 0) is 0 Å². The fraction of sp³-hybridized carbons (Fsp3) is 0.111. The number of carbonyl (C=O) groups excluding carboxylic acids is 1. The molecular formula is C18H16ClN5O4. The molecule has 0 unspecified atom stereocenters. The first-order valence-corrected chi connectivity index (χ1v) is 8.59. The molecule has 1 aromatic heterocycles. The number of benzene rings is 2. The number of hydrogen-bond acceptors (Lipinski definition) is 6. The summed E-state index contributed by atoms with van der Waals surface area (Å²) in [6.07, 6.45) is 0. The lowest BCUT2D eigenvalue weighted by Gasteiger charge is -2.02. The standard InChI is InChI=1S/C18H16ClN5O4/c19-11-6-7-14(26)13(10-11)21-22-16-15(17(27)20-8-9-25)23-24(18(16)28)12-4-2-1-3-5-12/h1-7,10,23,25-26H,8-9H2,(H,20,27). The van der Waals surface area contributed by atoms with Crippen molar-refractivity contribution in [3.63, 3.8) is 0 Å². The van der Waals surface area contributed by atoms with Gasteiger partial charge < -0.3 is 15.5 Å². The van der Waals surface area contributed by atoms with E-state index in [4.69, 9.17) is 16.7 Å². The highest BCUT2D eigenvalue weighted by molar-refractivity contribution is 6.30. The number of aliphatic hydroxyl groups is 1. The van der Waals surface area contributed by atoms with Crippen molar-refractivity contribution in [1.29, 1.82) is 0 Å². The second-order valence-corrected chi connectivity index (χ2v) is 6.06. The molecule has 144 valence electrons. The lowest BCUT2D eigenvalue weighted by Crippen LogP contribution is -2.27. The number of halogens is 1. The monoisotopic (exact) mass is 401 g/mol. The summed E-state index contributed by atoms with van der Waals surface area (Å²) in [5.41, 5.74) is -0.450. The van der Waals surface area contributed by atoms with Gasteiger partial charge in [0.05, 0.1) is 12.3 Å². The molecule has 28 heavy (non-hydrogen) atoms. The zero-order valence-corrected chi connectivity index (χ0v) is 15.2. The van der Waals surface area contributed by atoms with Crippen molar-refractivity contribution in [2.75, 3.05) is 13.2 Å². The van der Waals surface area contributed by atoms with Crippen LogP contribution in [0.2, 0.25) is 5.02 Å². The number of nitrogens with zero attached hydrogens (tertiary/aromatic N) is 3. The van der Waals surface area contributed by atoms with Gasteiger partial charge in [0.1, 0.15) is 11.4 Å². The number of H-pyrrole nitrogens is 1. The predicted molar refractivity (Wildman–Crippen MR) is 103 cm³/mol. The quantitative estimate of drug-likeness (QED) is 0.472. The normalized spacial score (nSPS) is 11.1. The van der Waals surface area contributed by atoms with Crippen molar-refractivity contribution in [2.45, 2.75) is 0 Å². The Balaban J connectivity index is 2.08. The summed E-state index contributed by atoms with van der Waals surface area (Å²) in [5, 5.41) is 32.0. The molecule has 4 N–H and O–H groups in total. The number of azo groups is 1. The van der Waals surface area contributed by atoms with E-state index in [0.717, 1.165) is 4.68 Å². The maximum absolute atomic E-state index is 12.8. The molecule has 0 fully saturated rings. The third-order valence-corrected chi connectivity index (χ3v) is 3.94. The highest BCUT2D eigenvalue weighted by Crippen LogP contribution is 2.30. The molecule has 2 aromatic carbocycles. The molecule has 0 aliphatic rings. The summed E-state index contributed by atoms with van der Waals surface area (Å²) in [7, 11) is 0. The number of amides is 1. The van der Waals surface area contributed by atoms with Crippen molar-refractivity contribution in [2.24, 2.45) is 10.2 Å². The molecule has 0 spiro atoms. The van der Waals surface area contributed by atoms with E-state index in [1.807, 2.05) is 0 Å². The van der Waals surface area contributed by atoms with Crippen LogP contribution in [0.3, 0.4) is 0 Å². The summed E-state index contributed by atoms with van der Waals surface area (Å²) in [5.74, 6) is -0.816. The number of aromatic amines is 1. The lowest BCUT2D eigenvalue weighted by molar-refractivity contribution is 0.0940. The number of phenolic OH excluding ortho intramolecular Hbond substituents is 1. The first-order chi connectivity index (χ1) is 13.5. The average molecular weight is 402 g/mol. The number of aromatic nitrogens is 2. The molecule has 3 rings (SSSR count). The van der Waals surface area contributed by atoms with Crippen molar-refractivity contribution in [3.8, 4) is 11.4 Å². The second-order valence-electron chi connectivity index (χ2n) is 5.62. The van der Waals surface area contributed by atoms with E-state index in [0.29, 0.717) is 10.7 Å². The summed E-state index contributed by atoms with van der Waals surface area (Å²) in [4.78, 5) is 25.2. The first kappa shape index (κ1) is 19.3. The maximum atomic E-state index is 12.8. The van der Waals surface area contributed by atoms with Gasteiger partial charge in [0.2, 0.25) is 0 Å². The van der Waals surface area contributed by atoms with Gasteiger partial charge in [-0.2, -0.15) is 0 Å². The minimum absolute atomic E-state index is 0.00302. The third kappa shape index (κ3) is 4.11. The van der Waals surface area contributed by atoms with Crippen LogP contribution in [0.25, 0.3) is 5.69 Å². The van der Waals surface area contributed by atoms with E-state index >= 15 is 0 Å².